The van der Waals surface area contributed by atoms with Crippen molar-refractivity contribution in [2.45, 2.75) is 52.4 Å². The predicted molar refractivity (Wildman–Crippen MR) is 159 cm³/mol. The molecule has 222 valence electrons. The largest absolute Gasteiger partial charge is 0.871 e. The zero-order chi connectivity index (χ0) is 31.2. The van der Waals surface area contributed by atoms with Crippen molar-refractivity contribution >= 4 is 48.7 Å². The van der Waals surface area contributed by atoms with Crippen LogP contribution in [0.4, 0.5) is 11.4 Å². The van der Waals surface area contributed by atoms with Gasteiger partial charge in [0.25, 0.3) is 0 Å². The summed E-state index contributed by atoms with van der Waals surface area (Å²) >= 11 is 0. The fourth-order valence-corrected chi connectivity index (χ4v) is 7.39. The van der Waals surface area contributed by atoms with Crippen LogP contribution in [0, 0.1) is 0 Å². The monoisotopic (exact) mass is 612 g/mol. The van der Waals surface area contributed by atoms with Crippen LogP contribution in [0.2, 0.25) is 0 Å². The number of fused-ring (bicyclic) bond motifs is 2. The number of carbonyl (C=O) groups excluding carboxylic acids is 1. The second-order valence-corrected chi connectivity index (χ2v) is 15.0. The van der Waals surface area contributed by atoms with Crippen molar-refractivity contribution < 1.29 is 43.2 Å². The van der Waals surface area contributed by atoms with E-state index >= 15 is 0 Å². The number of Topliss-reactive ketones (excluding diaryl/α,β-unsaturated/α-hetero) is 1. The normalized spacial score (nSPS) is 21.4. The highest BCUT2D eigenvalue weighted by atomic mass is 31.2. The molecule has 2 aliphatic heterocycles. The molecule has 0 bridgehead atoms. The SMILES string of the molecule is CCN1C(=CC2=C([O-])C(=CC3=[N+](CC)c4ccc(P(=O)(O)O)cc4C3(C)C)C2=O)C(C)(C)c2cc(P(=O)(O)O)ccc21. The Balaban J connectivity index is 1.57. The summed E-state index contributed by atoms with van der Waals surface area (Å²) in [5.41, 5.74) is 2.87. The number of carbonyl (C=O) groups is 1. The van der Waals surface area contributed by atoms with Crippen LogP contribution in [0.3, 0.4) is 0 Å². The van der Waals surface area contributed by atoms with E-state index in [1.807, 2.05) is 51.0 Å². The Labute approximate surface area is 244 Å². The van der Waals surface area contributed by atoms with Crippen molar-refractivity contribution in [3.63, 3.8) is 0 Å². The van der Waals surface area contributed by atoms with E-state index < -0.39 is 37.6 Å². The van der Waals surface area contributed by atoms with Crippen molar-refractivity contribution in [2.75, 3.05) is 18.0 Å². The molecule has 0 atom stereocenters. The first-order valence-corrected chi connectivity index (χ1v) is 16.8. The van der Waals surface area contributed by atoms with Crippen LogP contribution in [0.5, 0.6) is 0 Å². The van der Waals surface area contributed by atoms with Crippen LogP contribution in [-0.2, 0) is 24.8 Å². The number of hydrogen-bond acceptors (Lipinski definition) is 5. The van der Waals surface area contributed by atoms with E-state index in [-0.39, 0.29) is 21.8 Å². The van der Waals surface area contributed by atoms with Crippen LogP contribution >= 0.6 is 15.2 Å². The molecule has 42 heavy (non-hydrogen) atoms. The summed E-state index contributed by atoms with van der Waals surface area (Å²) in [5.74, 6) is -0.810. The highest BCUT2D eigenvalue weighted by Gasteiger charge is 2.46. The lowest BCUT2D eigenvalue weighted by Gasteiger charge is -2.32. The van der Waals surface area contributed by atoms with Crippen molar-refractivity contribution in [1.29, 1.82) is 0 Å². The van der Waals surface area contributed by atoms with Crippen LogP contribution in [-0.4, -0.2) is 48.7 Å². The molecule has 0 radical (unpaired) electrons. The Morgan fingerprint density at radius 3 is 1.98 bits per heavy atom. The van der Waals surface area contributed by atoms with Crippen molar-refractivity contribution in [1.82, 2.24) is 0 Å². The zero-order valence-corrected chi connectivity index (χ0v) is 26.0. The van der Waals surface area contributed by atoms with Crippen LogP contribution in [0.15, 0.2) is 71.2 Å². The Bertz CT molecular complexity index is 1790. The zero-order valence-electron chi connectivity index (χ0n) is 24.2. The summed E-state index contributed by atoms with van der Waals surface area (Å²) < 4.78 is 25.8. The second kappa shape index (κ2) is 9.71. The first-order chi connectivity index (χ1) is 19.3. The van der Waals surface area contributed by atoms with Gasteiger partial charge in [-0.25, -0.2) is 0 Å². The number of allylic oxidation sites excluding steroid dienone is 5. The van der Waals surface area contributed by atoms with Crippen molar-refractivity contribution in [2.24, 2.45) is 0 Å². The summed E-state index contributed by atoms with van der Waals surface area (Å²) in [4.78, 5) is 54.2. The average molecular weight is 613 g/mol. The number of hydrogen-bond donors (Lipinski definition) is 4. The molecule has 0 spiro atoms. The molecule has 2 aromatic carbocycles. The lowest BCUT2D eigenvalue weighted by molar-refractivity contribution is -0.433. The summed E-state index contributed by atoms with van der Waals surface area (Å²) in [7, 11) is -8.95. The van der Waals surface area contributed by atoms with Gasteiger partial charge < -0.3 is 29.6 Å². The molecule has 5 rings (SSSR count). The Kier molecular flexibility index (Phi) is 7.02. The van der Waals surface area contributed by atoms with Gasteiger partial charge in [-0.3, -0.25) is 13.9 Å². The minimum atomic E-state index is -4.47. The quantitative estimate of drug-likeness (QED) is 0.218. The molecule has 4 N–H and O–H groups in total. The standard InChI is InChI=1S/C30H34N2O8P2/c1-7-31-23-11-9-17(41(35,36)37)13-21(23)29(3,4)25(31)15-19-27(33)20(28(19)34)16-26-30(5,6)22-14-18(42(38,39)40)10-12-24(22)32(26)8-2/h9-16H,7-8H2,1-6H3,(H4-,33,34,35,36,37,38,39,40). The summed E-state index contributed by atoms with van der Waals surface area (Å²) in [6.45, 7) is 12.4. The molecule has 0 unspecified atom stereocenters. The highest BCUT2D eigenvalue weighted by Crippen LogP contribution is 2.50. The maximum absolute atomic E-state index is 13.4. The van der Waals surface area contributed by atoms with E-state index in [1.165, 1.54) is 24.3 Å². The molecular formula is C30H34N2O8P2. The lowest BCUT2D eigenvalue weighted by Crippen LogP contribution is -2.35. The fourth-order valence-electron chi connectivity index (χ4n) is 6.26. The minimum Gasteiger partial charge on any atom is -0.871 e. The lowest BCUT2D eigenvalue weighted by atomic mass is 9.77. The second-order valence-electron chi connectivity index (χ2n) is 11.8. The van der Waals surface area contributed by atoms with Gasteiger partial charge in [0.05, 0.1) is 16.0 Å². The molecule has 0 fully saturated rings. The molecule has 0 saturated carbocycles. The Hall–Kier alpha value is -3.10. The molecule has 0 aromatic heterocycles. The third kappa shape index (κ3) is 4.49. The average Bonchev–Trinajstić information content (AvgIpc) is 3.26. The Morgan fingerprint density at radius 1 is 0.881 bits per heavy atom. The number of nitrogens with zero attached hydrogens (tertiary/aromatic N) is 2. The molecule has 3 aliphatic rings. The van der Waals surface area contributed by atoms with E-state index in [1.54, 1.807) is 24.3 Å². The first-order valence-electron chi connectivity index (χ1n) is 13.6. The van der Waals surface area contributed by atoms with Gasteiger partial charge in [0, 0.05) is 52.2 Å². The summed E-state index contributed by atoms with van der Waals surface area (Å²) in [6, 6.07) is 9.10. The molecule has 10 nitrogen and oxygen atoms in total. The van der Waals surface area contributed by atoms with Gasteiger partial charge in [-0.15, -0.1) is 0 Å². The maximum atomic E-state index is 13.4. The molecular weight excluding hydrogens is 578 g/mol. The number of ketones is 1. The van der Waals surface area contributed by atoms with Crippen LogP contribution in [0.1, 0.15) is 52.7 Å². The maximum Gasteiger partial charge on any atom is 0.356 e. The topological polar surface area (TPSA) is 161 Å². The summed E-state index contributed by atoms with van der Waals surface area (Å²) in [5, 5.41) is 13.3. The highest BCUT2D eigenvalue weighted by molar-refractivity contribution is 7.60. The van der Waals surface area contributed by atoms with Gasteiger partial charge in [-0.1, -0.05) is 19.6 Å². The molecule has 0 saturated heterocycles. The summed E-state index contributed by atoms with van der Waals surface area (Å²) in [6.07, 6.45) is 3.18. The number of benzene rings is 2. The van der Waals surface area contributed by atoms with Gasteiger partial charge in [0.1, 0.15) is 6.54 Å². The number of likely N-dealkylation sites (N-methyl/N-ethyl adjacent to an activating group) is 1. The third-order valence-electron chi connectivity index (χ3n) is 8.60. The van der Waals surface area contributed by atoms with E-state index in [0.29, 0.717) is 35.6 Å². The third-order valence-corrected chi connectivity index (χ3v) is 10.5. The van der Waals surface area contributed by atoms with Crippen LogP contribution in [0.25, 0.3) is 0 Å². The minimum absolute atomic E-state index is 0.0338. The number of anilines is 1. The smallest absolute Gasteiger partial charge is 0.356 e. The molecule has 12 heteroatoms. The van der Waals surface area contributed by atoms with Crippen molar-refractivity contribution in [3.05, 3.63) is 82.3 Å². The van der Waals surface area contributed by atoms with Crippen molar-refractivity contribution in [3.8, 4) is 0 Å². The van der Waals surface area contributed by atoms with Gasteiger partial charge in [-0.05, 0) is 69.7 Å². The van der Waals surface area contributed by atoms with E-state index in [2.05, 4.69) is 0 Å². The molecule has 2 heterocycles. The molecule has 2 aromatic rings. The van der Waals surface area contributed by atoms with Gasteiger partial charge in [-0.2, -0.15) is 4.58 Å². The number of rotatable bonds is 6. The van der Waals surface area contributed by atoms with Crippen LogP contribution < -0.4 is 20.6 Å². The van der Waals surface area contributed by atoms with E-state index in [0.717, 1.165) is 11.4 Å². The fraction of sp³-hybridized carbons (Fsp3) is 0.333. The molecule has 1 aliphatic carbocycles. The van der Waals surface area contributed by atoms with E-state index in [4.69, 9.17) is 0 Å². The predicted octanol–water partition coefficient (Wildman–Crippen LogP) is 2.51. The Morgan fingerprint density at radius 2 is 1.45 bits per heavy atom. The molecule has 0 amide bonds. The van der Waals surface area contributed by atoms with Gasteiger partial charge in [0.15, 0.2) is 11.5 Å². The van der Waals surface area contributed by atoms with E-state index in [9.17, 15) is 38.6 Å². The van der Waals surface area contributed by atoms with Gasteiger partial charge in [0.2, 0.25) is 5.69 Å². The van der Waals surface area contributed by atoms with Gasteiger partial charge >= 0.3 is 15.2 Å². The first kappa shape index (κ1) is 30.4.